The van der Waals surface area contributed by atoms with Crippen molar-refractivity contribution in [2.45, 2.75) is 146 Å². The number of carbonyl (C=O) groups is 1. The maximum Gasteiger partial charge on any atom is 0.314 e. The number of carbonyl (C=O) groups excluding carboxylic acids is 1. The van der Waals surface area contributed by atoms with E-state index in [0.717, 1.165) is 12.8 Å². The lowest BCUT2D eigenvalue weighted by atomic mass is 9.87. The first kappa shape index (κ1) is 42.8. The summed E-state index contributed by atoms with van der Waals surface area (Å²) in [5.41, 5.74) is 0.357. The van der Waals surface area contributed by atoms with Crippen LogP contribution in [0.2, 0.25) is 0 Å². The number of aliphatic hydroxyl groups is 10. The number of allylic oxidation sites excluding steroid dienone is 8. The summed E-state index contributed by atoms with van der Waals surface area (Å²) in [5.74, 6) is -2.37. The molecule has 1 aliphatic heterocycles. The smallest absolute Gasteiger partial charge is 0.314 e. The number of hydrogen-bond donors (Lipinski definition) is 10. The predicted molar refractivity (Wildman–Crippen MR) is 177 cm³/mol. The Morgan fingerprint density at radius 3 is 1.77 bits per heavy atom. The first-order valence-corrected chi connectivity index (χ1v) is 16.5. The molecule has 0 amide bonds. The van der Waals surface area contributed by atoms with Crippen LogP contribution in [-0.4, -0.2) is 124 Å². The van der Waals surface area contributed by atoms with E-state index >= 15 is 0 Å². The summed E-state index contributed by atoms with van der Waals surface area (Å²) in [6.07, 6.45) is 0.559. The molecule has 0 fully saturated rings. The molecule has 0 saturated carbocycles. The lowest BCUT2D eigenvalue weighted by Crippen LogP contribution is -2.43. The van der Waals surface area contributed by atoms with Crippen molar-refractivity contribution < 1.29 is 60.6 Å². The van der Waals surface area contributed by atoms with Gasteiger partial charge in [0.15, 0.2) is 0 Å². The standard InChI is InChI=1S/C35H58O12/c1-4-5-11-16-29(41)32-30(42)20-26(38)18-24(36)17-25(37)19-27(39)21-31(43)34(45)33(44)22(2)14-12-9-7-6-8-10-13-15-28(40)23(3)47-35(32)46/h6-10,12-15,23-34,36-45H,4-5,11,16-21H2,1-3H3/b7-6+,10-8+,12-9+,15-13+,22-14+/t23-,24+,25-,26-,27-,28+,29-,30-,31-,32+,33-,34+/m0/s1. The zero-order valence-corrected chi connectivity index (χ0v) is 27.8. The highest BCUT2D eigenvalue weighted by Crippen LogP contribution is 2.24. The van der Waals surface area contributed by atoms with Crippen molar-refractivity contribution in [3.05, 3.63) is 60.3 Å². The van der Waals surface area contributed by atoms with Crippen LogP contribution in [0.4, 0.5) is 0 Å². The van der Waals surface area contributed by atoms with Crippen LogP contribution < -0.4 is 0 Å². The highest BCUT2D eigenvalue weighted by molar-refractivity contribution is 5.74. The molecule has 0 radical (unpaired) electrons. The Morgan fingerprint density at radius 1 is 0.723 bits per heavy atom. The molecule has 12 heteroatoms. The minimum absolute atomic E-state index is 0.197. The van der Waals surface area contributed by atoms with E-state index in [1.807, 2.05) is 6.92 Å². The molecule has 0 aromatic heterocycles. The molecular weight excluding hydrogens is 612 g/mol. The Hall–Kier alpha value is -2.23. The highest BCUT2D eigenvalue weighted by atomic mass is 16.6. The molecule has 0 aliphatic carbocycles. The predicted octanol–water partition coefficient (Wildman–Crippen LogP) is 0.859. The van der Waals surface area contributed by atoms with E-state index in [4.69, 9.17) is 4.74 Å². The van der Waals surface area contributed by atoms with Crippen LogP contribution in [-0.2, 0) is 9.53 Å². The highest BCUT2D eigenvalue weighted by Gasteiger charge is 2.37. The molecule has 270 valence electrons. The number of hydrogen-bond acceptors (Lipinski definition) is 12. The fourth-order valence-corrected chi connectivity index (χ4v) is 5.30. The van der Waals surface area contributed by atoms with Crippen molar-refractivity contribution in [1.29, 1.82) is 0 Å². The second kappa shape index (κ2) is 23.2. The van der Waals surface area contributed by atoms with Gasteiger partial charge in [-0.3, -0.25) is 4.79 Å². The number of unbranched alkanes of at least 4 members (excludes halogenated alkanes) is 2. The molecule has 1 aliphatic rings. The zero-order chi connectivity index (χ0) is 35.5. The Balaban J connectivity index is 3.19. The molecule has 0 unspecified atom stereocenters. The van der Waals surface area contributed by atoms with Crippen molar-refractivity contribution in [1.82, 2.24) is 0 Å². The van der Waals surface area contributed by atoms with Gasteiger partial charge in [0.25, 0.3) is 0 Å². The Bertz CT molecular complexity index is 1020. The van der Waals surface area contributed by atoms with Crippen LogP contribution in [0, 0.1) is 5.92 Å². The van der Waals surface area contributed by atoms with Gasteiger partial charge in [-0.05, 0) is 45.1 Å². The van der Waals surface area contributed by atoms with Gasteiger partial charge in [-0.1, -0.05) is 80.9 Å². The Kier molecular flexibility index (Phi) is 21.1. The lowest BCUT2D eigenvalue weighted by Gasteiger charge is -2.30. The van der Waals surface area contributed by atoms with Crippen LogP contribution in [0.5, 0.6) is 0 Å². The molecule has 1 rings (SSSR count). The van der Waals surface area contributed by atoms with E-state index in [1.165, 1.54) is 13.0 Å². The largest absolute Gasteiger partial charge is 0.459 e. The van der Waals surface area contributed by atoms with Gasteiger partial charge in [0, 0.05) is 12.8 Å². The first-order chi connectivity index (χ1) is 22.2. The number of esters is 1. The van der Waals surface area contributed by atoms with Crippen LogP contribution in [0.1, 0.15) is 78.6 Å². The molecule has 0 aromatic carbocycles. The number of rotatable bonds is 5. The average molecular weight is 671 g/mol. The van der Waals surface area contributed by atoms with E-state index in [9.17, 15) is 55.9 Å². The van der Waals surface area contributed by atoms with Gasteiger partial charge < -0.3 is 55.8 Å². The Morgan fingerprint density at radius 2 is 1.21 bits per heavy atom. The molecule has 47 heavy (non-hydrogen) atoms. The second-order valence-electron chi connectivity index (χ2n) is 12.5. The van der Waals surface area contributed by atoms with E-state index in [1.54, 1.807) is 55.5 Å². The first-order valence-electron chi connectivity index (χ1n) is 16.5. The zero-order valence-electron chi connectivity index (χ0n) is 27.8. The minimum Gasteiger partial charge on any atom is -0.459 e. The second-order valence-corrected chi connectivity index (χ2v) is 12.5. The summed E-state index contributed by atoms with van der Waals surface area (Å²) in [5, 5.41) is 105. The van der Waals surface area contributed by atoms with E-state index < -0.39 is 85.5 Å². The fourth-order valence-electron chi connectivity index (χ4n) is 5.30. The number of cyclic esters (lactones) is 1. The van der Waals surface area contributed by atoms with Gasteiger partial charge in [-0.15, -0.1) is 0 Å². The van der Waals surface area contributed by atoms with E-state index in [0.29, 0.717) is 12.0 Å². The summed E-state index contributed by atoms with van der Waals surface area (Å²) in [6.45, 7) is 5.00. The number of aliphatic hydroxyl groups excluding tert-OH is 10. The minimum atomic E-state index is -1.61. The van der Waals surface area contributed by atoms with E-state index in [2.05, 4.69) is 0 Å². The molecule has 12 atom stereocenters. The summed E-state index contributed by atoms with van der Waals surface area (Å²) in [7, 11) is 0. The molecule has 0 spiro atoms. The summed E-state index contributed by atoms with van der Waals surface area (Å²) >= 11 is 0. The van der Waals surface area contributed by atoms with Crippen molar-refractivity contribution in [2.75, 3.05) is 0 Å². The number of ether oxygens (including phenoxy) is 1. The van der Waals surface area contributed by atoms with Crippen molar-refractivity contribution in [2.24, 2.45) is 5.92 Å². The maximum absolute atomic E-state index is 13.1. The fraction of sp³-hybridized carbons (Fsp3) is 0.686. The van der Waals surface area contributed by atoms with Gasteiger partial charge >= 0.3 is 5.97 Å². The van der Waals surface area contributed by atoms with Gasteiger partial charge in [-0.25, -0.2) is 0 Å². The third-order valence-electron chi connectivity index (χ3n) is 8.17. The van der Waals surface area contributed by atoms with Crippen LogP contribution in [0.25, 0.3) is 0 Å². The maximum atomic E-state index is 13.1. The van der Waals surface area contributed by atoms with Gasteiger partial charge in [0.2, 0.25) is 0 Å². The van der Waals surface area contributed by atoms with Crippen molar-refractivity contribution in [3.63, 3.8) is 0 Å². The summed E-state index contributed by atoms with van der Waals surface area (Å²) < 4.78 is 5.41. The molecule has 12 nitrogen and oxygen atoms in total. The SMILES string of the molecule is CCCCC[C@H](O)[C@H]1C(=O)O[C@@H](C)[C@H](O)/C=C/C=C/C=C/C=C/C=C(\C)[C@H](O)[C@H](O)[C@@H](O)C[C@@H](O)C[C@@H](O)C[C@@H](O)C[C@H](O)C[C@@H]1O. The van der Waals surface area contributed by atoms with Crippen LogP contribution in [0.3, 0.4) is 0 Å². The van der Waals surface area contributed by atoms with Crippen LogP contribution in [0.15, 0.2) is 60.3 Å². The molecule has 0 aromatic rings. The summed E-state index contributed by atoms with van der Waals surface area (Å²) in [6, 6.07) is 0. The average Bonchev–Trinajstić information content (AvgIpc) is 2.98. The normalized spacial score (nSPS) is 39.6. The third-order valence-corrected chi connectivity index (χ3v) is 8.17. The summed E-state index contributed by atoms with van der Waals surface area (Å²) in [4.78, 5) is 13.1. The molecular formula is C35H58O12. The van der Waals surface area contributed by atoms with Crippen molar-refractivity contribution in [3.8, 4) is 0 Å². The molecule has 1 heterocycles. The third kappa shape index (κ3) is 17.1. The topological polar surface area (TPSA) is 229 Å². The van der Waals surface area contributed by atoms with E-state index in [-0.39, 0.29) is 32.1 Å². The van der Waals surface area contributed by atoms with Crippen LogP contribution >= 0.6 is 0 Å². The van der Waals surface area contributed by atoms with Gasteiger partial charge in [0.1, 0.15) is 30.3 Å². The monoisotopic (exact) mass is 670 g/mol. The Labute approximate surface area is 278 Å². The van der Waals surface area contributed by atoms with Gasteiger partial charge in [0.05, 0.1) is 42.7 Å². The lowest BCUT2D eigenvalue weighted by molar-refractivity contribution is -0.168. The molecule has 10 N–H and O–H groups in total. The quantitative estimate of drug-likeness (QED) is 0.145. The van der Waals surface area contributed by atoms with Gasteiger partial charge in [-0.2, -0.15) is 0 Å². The van der Waals surface area contributed by atoms with Crippen molar-refractivity contribution >= 4 is 5.97 Å². The molecule has 0 saturated heterocycles. The molecule has 0 bridgehead atoms.